The zero-order valence-electron chi connectivity index (χ0n) is 9.04. The predicted octanol–water partition coefficient (Wildman–Crippen LogP) is 4.37. The van der Waals surface area contributed by atoms with Gasteiger partial charge in [0.2, 0.25) is 0 Å². The van der Waals surface area contributed by atoms with Crippen LogP contribution in [0.1, 0.15) is 12.7 Å². The second-order valence-corrected chi connectivity index (χ2v) is 5.20. The van der Waals surface area contributed by atoms with Gasteiger partial charge >= 0.3 is 0 Å². The summed E-state index contributed by atoms with van der Waals surface area (Å²) in [6.07, 6.45) is 0.710. The fourth-order valence-electron chi connectivity index (χ4n) is 1.45. The van der Waals surface area contributed by atoms with Gasteiger partial charge in [-0.15, -0.1) is 0 Å². The Hall–Kier alpha value is -0.810. The van der Waals surface area contributed by atoms with Crippen molar-refractivity contribution in [3.63, 3.8) is 0 Å². The van der Waals surface area contributed by atoms with Gasteiger partial charge in [-0.1, -0.05) is 22.9 Å². The first-order chi connectivity index (χ1) is 8.10. The molecule has 0 aliphatic rings. The predicted molar refractivity (Wildman–Crippen MR) is 72.2 cm³/mol. The van der Waals surface area contributed by atoms with E-state index in [0.29, 0.717) is 28.1 Å². The molecule has 0 N–H and O–H groups in total. The van der Waals surface area contributed by atoms with E-state index in [-0.39, 0.29) is 5.82 Å². The maximum atomic E-state index is 13.7. The van der Waals surface area contributed by atoms with E-state index in [1.807, 2.05) is 6.92 Å². The standard InChI is InChI=1S/C12H9Br2FN2/c1-2-12-16-10(6-11(14)17-12)8-5-7(13)3-4-9(8)15/h3-6H,2H2,1H3. The van der Waals surface area contributed by atoms with Crippen molar-refractivity contribution < 1.29 is 4.39 Å². The Morgan fingerprint density at radius 2 is 1.94 bits per heavy atom. The van der Waals surface area contributed by atoms with Gasteiger partial charge in [-0.25, -0.2) is 14.4 Å². The minimum Gasteiger partial charge on any atom is -0.233 e. The lowest BCUT2D eigenvalue weighted by molar-refractivity contribution is 0.630. The molecule has 0 saturated carbocycles. The molecule has 0 bridgehead atoms. The van der Waals surface area contributed by atoms with E-state index in [4.69, 9.17) is 0 Å². The average molecular weight is 360 g/mol. The number of nitrogens with zero attached hydrogens (tertiary/aromatic N) is 2. The number of hydrogen-bond donors (Lipinski definition) is 0. The minimum atomic E-state index is -0.291. The lowest BCUT2D eigenvalue weighted by atomic mass is 10.1. The highest BCUT2D eigenvalue weighted by Crippen LogP contribution is 2.26. The summed E-state index contributed by atoms with van der Waals surface area (Å²) in [5.41, 5.74) is 1.06. The molecule has 2 nitrogen and oxygen atoms in total. The van der Waals surface area contributed by atoms with Crippen molar-refractivity contribution in [3.8, 4) is 11.3 Å². The molecule has 1 aromatic heterocycles. The van der Waals surface area contributed by atoms with Gasteiger partial charge in [0.05, 0.1) is 5.69 Å². The van der Waals surface area contributed by atoms with Crippen LogP contribution in [0.25, 0.3) is 11.3 Å². The van der Waals surface area contributed by atoms with Crippen LogP contribution in [0.4, 0.5) is 4.39 Å². The van der Waals surface area contributed by atoms with Gasteiger partial charge in [-0.05, 0) is 40.2 Å². The van der Waals surface area contributed by atoms with E-state index < -0.39 is 0 Å². The highest BCUT2D eigenvalue weighted by atomic mass is 79.9. The number of rotatable bonds is 2. The molecular weight excluding hydrogens is 351 g/mol. The Morgan fingerprint density at radius 1 is 1.18 bits per heavy atom. The van der Waals surface area contributed by atoms with Gasteiger partial charge in [0.25, 0.3) is 0 Å². The van der Waals surface area contributed by atoms with Crippen LogP contribution < -0.4 is 0 Å². The summed E-state index contributed by atoms with van der Waals surface area (Å²) in [4.78, 5) is 8.52. The first-order valence-corrected chi connectivity index (χ1v) is 6.67. The van der Waals surface area contributed by atoms with Crippen molar-refractivity contribution in [2.24, 2.45) is 0 Å². The summed E-state index contributed by atoms with van der Waals surface area (Å²) in [5, 5.41) is 0. The zero-order chi connectivity index (χ0) is 12.4. The molecule has 2 aromatic rings. The molecule has 0 spiro atoms. The fourth-order valence-corrected chi connectivity index (χ4v) is 2.24. The van der Waals surface area contributed by atoms with E-state index >= 15 is 0 Å². The van der Waals surface area contributed by atoms with Crippen LogP contribution in [0.5, 0.6) is 0 Å². The molecule has 1 aromatic carbocycles. The SMILES string of the molecule is CCc1nc(Br)cc(-c2cc(Br)ccc2F)n1. The van der Waals surface area contributed by atoms with Crippen LogP contribution in [0.2, 0.25) is 0 Å². The summed E-state index contributed by atoms with van der Waals surface area (Å²) in [6, 6.07) is 6.50. The lowest BCUT2D eigenvalue weighted by Crippen LogP contribution is -1.97. The third-order valence-electron chi connectivity index (χ3n) is 2.26. The summed E-state index contributed by atoms with van der Waals surface area (Å²) in [7, 11) is 0. The largest absolute Gasteiger partial charge is 0.233 e. The van der Waals surface area contributed by atoms with Crippen LogP contribution >= 0.6 is 31.9 Å². The lowest BCUT2D eigenvalue weighted by Gasteiger charge is -2.06. The smallest absolute Gasteiger partial charge is 0.132 e. The van der Waals surface area contributed by atoms with Crippen LogP contribution in [0, 0.1) is 5.82 Å². The Labute approximate surface area is 116 Å². The van der Waals surface area contributed by atoms with Crippen molar-refractivity contribution in [2.45, 2.75) is 13.3 Å². The second-order valence-electron chi connectivity index (χ2n) is 3.47. The Kier molecular flexibility index (Phi) is 3.89. The monoisotopic (exact) mass is 358 g/mol. The first-order valence-electron chi connectivity index (χ1n) is 5.09. The molecule has 0 saturated heterocycles. The maximum absolute atomic E-state index is 13.7. The molecule has 0 atom stereocenters. The fraction of sp³-hybridized carbons (Fsp3) is 0.167. The molecule has 0 aliphatic carbocycles. The number of aromatic nitrogens is 2. The molecule has 5 heteroatoms. The summed E-state index contributed by atoms with van der Waals surface area (Å²) in [6.45, 7) is 1.96. The third-order valence-corrected chi connectivity index (χ3v) is 3.16. The van der Waals surface area contributed by atoms with Gasteiger partial charge in [0.15, 0.2) is 0 Å². The molecule has 88 valence electrons. The quantitative estimate of drug-likeness (QED) is 0.744. The number of benzene rings is 1. The molecule has 2 rings (SSSR count). The normalized spacial score (nSPS) is 10.6. The second kappa shape index (κ2) is 5.23. The molecular formula is C12H9Br2FN2. The molecule has 1 heterocycles. The van der Waals surface area contributed by atoms with Crippen LogP contribution in [-0.2, 0) is 6.42 Å². The first kappa shape index (κ1) is 12.6. The van der Waals surface area contributed by atoms with Crippen molar-refractivity contribution in [3.05, 3.63) is 45.0 Å². The van der Waals surface area contributed by atoms with Crippen LogP contribution in [0.15, 0.2) is 33.3 Å². The highest BCUT2D eigenvalue weighted by Gasteiger charge is 2.09. The molecule has 17 heavy (non-hydrogen) atoms. The summed E-state index contributed by atoms with van der Waals surface area (Å²) in [5.74, 6) is 0.398. The molecule has 0 aliphatic heterocycles. The number of halogens is 3. The van der Waals surface area contributed by atoms with E-state index in [9.17, 15) is 4.39 Å². The van der Waals surface area contributed by atoms with E-state index in [1.54, 1.807) is 18.2 Å². The number of aryl methyl sites for hydroxylation is 1. The van der Waals surface area contributed by atoms with E-state index in [2.05, 4.69) is 41.8 Å². The van der Waals surface area contributed by atoms with Crippen molar-refractivity contribution >= 4 is 31.9 Å². The average Bonchev–Trinajstić information content (AvgIpc) is 2.31. The Balaban J connectivity index is 2.59. The van der Waals surface area contributed by atoms with Gasteiger partial charge < -0.3 is 0 Å². The zero-order valence-corrected chi connectivity index (χ0v) is 12.2. The van der Waals surface area contributed by atoms with E-state index in [0.717, 1.165) is 4.47 Å². The Morgan fingerprint density at radius 3 is 2.65 bits per heavy atom. The molecule has 0 amide bonds. The summed E-state index contributed by atoms with van der Waals surface area (Å²) >= 11 is 6.63. The van der Waals surface area contributed by atoms with E-state index in [1.165, 1.54) is 6.07 Å². The van der Waals surface area contributed by atoms with Crippen LogP contribution in [0.3, 0.4) is 0 Å². The van der Waals surface area contributed by atoms with Gasteiger partial charge in [0, 0.05) is 16.5 Å². The molecule has 0 radical (unpaired) electrons. The van der Waals surface area contributed by atoms with Gasteiger partial charge in [0.1, 0.15) is 16.2 Å². The minimum absolute atomic E-state index is 0.291. The maximum Gasteiger partial charge on any atom is 0.132 e. The highest BCUT2D eigenvalue weighted by molar-refractivity contribution is 9.10. The topological polar surface area (TPSA) is 25.8 Å². The third kappa shape index (κ3) is 2.90. The Bertz CT molecular complexity index is 558. The van der Waals surface area contributed by atoms with Gasteiger partial charge in [-0.2, -0.15) is 0 Å². The van der Waals surface area contributed by atoms with Crippen molar-refractivity contribution in [1.29, 1.82) is 0 Å². The van der Waals surface area contributed by atoms with Crippen molar-refractivity contribution in [2.75, 3.05) is 0 Å². The van der Waals surface area contributed by atoms with Gasteiger partial charge in [-0.3, -0.25) is 0 Å². The molecule has 0 fully saturated rings. The van der Waals surface area contributed by atoms with Crippen LogP contribution in [-0.4, -0.2) is 9.97 Å². The van der Waals surface area contributed by atoms with Crippen molar-refractivity contribution in [1.82, 2.24) is 9.97 Å². The summed E-state index contributed by atoms with van der Waals surface area (Å²) < 4.78 is 15.2. The molecule has 0 unspecified atom stereocenters. The number of hydrogen-bond acceptors (Lipinski definition) is 2.